The van der Waals surface area contributed by atoms with E-state index in [1.807, 2.05) is 11.8 Å². The average Bonchev–Trinajstić information content (AvgIpc) is 2.36. The molecule has 3 N–H and O–H groups in total. The molecule has 0 aliphatic rings. The normalized spacial score (nSPS) is 12.9. The van der Waals surface area contributed by atoms with Crippen LogP contribution in [0, 0.1) is 0 Å². The highest BCUT2D eigenvalue weighted by atomic mass is 32.2. The third-order valence-electron chi connectivity index (χ3n) is 3.17. The first-order valence-corrected chi connectivity index (χ1v) is 8.54. The van der Waals surface area contributed by atoms with Crippen LogP contribution in [0.4, 0.5) is 0 Å². The minimum absolute atomic E-state index is 0.514. The Morgan fingerprint density at radius 3 is 2.06 bits per heavy atom. The minimum atomic E-state index is 0.514. The summed E-state index contributed by atoms with van der Waals surface area (Å²) >= 11 is 1.98. The quantitative estimate of drug-likeness (QED) is 0.297. The van der Waals surface area contributed by atoms with Crippen molar-refractivity contribution >= 4 is 11.8 Å². The summed E-state index contributed by atoms with van der Waals surface area (Å²) in [7, 11) is 0. The number of rotatable bonds is 13. The van der Waals surface area contributed by atoms with Crippen molar-refractivity contribution in [1.82, 2.24) is 5.43 Å². The molecule has 0 saturated heterocycles. The number of hydrazine groups is 1. The van der Waals surface area contributed by atoms with Gasteiger partial charge in [-0.3, -0.25) is 11.3 Å². The smallest absolute Gasteiger partial charge is 0.0301 e. The highest BCUT2D eigenvalue weighted by Crippen LogP contribution is 2.12. The van der Waals surface area contributed by atoms with Crippen molar-refractivity contribution in [2.45, 2.75) is 77.7 Å². The Morgan fingerprint density at radius 2 is 1.53 bits per heavy atom. The van der Waals surface area contributed by atoms with Crippen molar-refractivity contribution in [2.75, 3.05) is 11.5 Å². The van der Waals surface area contributed by atoms with Crippen LogP contribution in [0.3, 0.4) is 0 Å². The van der Waals surface area contributed by atoms with Crippen LogP contribution in [0.2, 0.25) is 0 Å². The zero-order valence-corrected chi connectivity index (χ0v) is 12.7. The minimum Gasteiger partial charge on any atom is -0.271 e. The highest BCUT2D eigenvalue weighted by Gasteiger charge is 2.05. The predicted molar refractivity (Wildman–Crippen MR) is 81.3 cm³/mol. The van der Waals surface area contributed by atoms with Gasteiger partial charge in [-0.2, -0.15) is 11.8 Å². The molecule has 17 heavy (non-hydrogen) atoms. The number of thioether (sulfide) groups is 1. The van der Waals surface area contributed by atoms with Gasteiger partial charge in [-0.1, -0.05) is 65.2 Å². The van der Waals surface area contributed by atoms with Crippen LogP contribution in [0.25, 0.3) is 0 Å². The summed E-state index contributed by atoms with van der Waals surface area (Å²) in [5.41, 5.74) is 2.93. The molecule has 0 aromatic heterocycles. The molecule has 0 heterocycles. The summed E-state index contributed by atoms with van der Waals surface area (Å²) < 4.78 is 0. The molecule has 0 aliphatic heterocycles. The summed E-state index contributed by atoms with van der Waals surface area (Å²) in [6.07, 6.45) is 12.4. The molecular formula is C14H32N2S. The maximum atomic E-state index is 5.55. The van der Waals surface area contributed by atoms with Crippen molar-refractivity contribution in [3.05, 3.63) is 0 Å². The predicted octanol–water partition coefficient (Wildman–Crippen LogP) is 4.10. The van der Waals surface area contributed by atoms with E-state index in [0.717, 1.165) is 5.75 Å². The Hall–Kier alpha value is 0.270. The van der Waals surface area contributed by atoms with E-state index in [9.17, 15) is 0 Å². The summed E-state index contributed by atoms with van der Waals surface area (Å²) in [6.45, 7) is 4.48. The molecule has 0 aromatic carbocycles. The number of unbranched alkanes of at least 4 members (excludes halogenated alkanes) is 7. The maximum Gasteiger partial charge on any atom is 0.0301 e. The van der Waals surface area contributed by atoms with Crippen LogP contribution >= 0.6 is 11.8 Å². The fourth-order valence-corrected chi connectivity index (χ4v) is 2.78. The molecule has 104 valence electrons. The lowest BCUT2D eigenvalue weighted by Gasteiger charge is -2.14. The fraction of sp³-hybridized carbons (Fsp3) is 1.00. The van der Waals surface area contributed by atoms with Crippen molar-refractivity contribution in [1.29, 1.82) is 0 Å². The molecule has 0 spiro atoms. The van der Waals surface area contributed by atoms with Gasteiger partial charge in [0.25, 0.3) is 0 Å². The van der Waals surface area contributed by atoms with Crippen molar-refractivity contribution < 1.29 is 0 Å². The van der Waals surface area contributed by atoms with Crippen molar-refractivity contribution in [3.63, 3.8) is 0 Å². The summed E-state index contributed by atoms with van der Waals surface area (Å²) in [5.74, 6) is 7.89. The molecule has 3 heteroatoms. The molecule has 0 aliphatic carbocycles. The fourth-order valence-electron chi connectivity index (χ4n) is 2.00. The van der Waals surface area contributed by atoms with Gasteiger partial charge in [0.1, 0.15) is 0 Å². The standard InChI is InChI=1S/C14H32N2S/c1-3-5-6-7-8-9-10-11-12-14(16-15)13-17-4-2/h14,16H,3-13,15H2,1-2H3. The van der Waals surface area contributed by atoms with Gasteiger partial charge in [0.2, 0.25) is 0 Å². The van der Waals surface area contributed by atoms with E-state index < -0.39 is 0 Å². The zero-order valence-electron chi connectivity index (χ0n) is 11.8. The number of hydrogen-bond donors (Lipinski definition) is 2. The maximum absolute atomic E-state index is 5.55. The first-order valence-electron chi connectivity index (χ1n) is 7.39. The molecule has 1 atom stereocenters. The summed E-state index contributed by atoms with van der Waals surface area (Å²) in [4.78, 5) is 0. The Balaban J connectivity index is 3.19. The van der Waals surface area contributed by atoms with Gasteiger partial charge < -0.3 is 0 Å². The molecule has 0 fully saturated rings. The summed E-state index contributed by atoms with van der Waals surface area (Å²) in [6, 6.07) is 0.514. The molecule has 0 rings (SSSR count). The Kier molecular flexibility index (Phi) is 14.6. The van der Waals surface area contributed by atoms with Gasteiger partial charge in [-0.05, 0) is 12.2 Å². The monoisotopic (exact) mass is 260 g/mol. The molecule has 0 bridgehead atoms. The first-order chi connectivity index (χ1) is 8.35. The van der Waals surface area contributed by atoms with E-state index in [1.165, 1.54) is 63.5 Å². The number of nitrogens with two attached hydrogens (primary N) is 1. The summed E-state index contributed by atoms with van der Waals surface area (Å²) in [5, 5.41) is 0. The van der Waals surface area contributed by atoms with E-state index in [4.69, 9.17) is 5.84 Å². The van der Waals surface area contributed by atoms with Crippen LogP contribution in [-0.2, 0) is 0 Å². The van der Waals surface area contributed by atoms with E-state index in [2.05, 4.69) is 19.3 Å². The van der Waals surface area contributed by atoms with Crippen LogP contribution < -0.4 is 11.3 Å². The molecule has 1 unspecified atom stereocenters. The van der Waals surface area contributed by atoms with Crippen molar-refractivity contribution in [3.8, 4) is 0 Å². The van der Waals surface area contributed by atoms with Gasteiger partial charge in [0.05, 0.1) is 0 Å². The third-order valence-corrected chi connectivity index (χ3v) is 4.21. The Labute approximate surface area is 112 Å². The zero-order chi connectivity index (χ0) is 12.8. The highest BCUT2D eigenvalue weighted by molar-refractivity contribution is 7.99. The van der Waals surface area contributed by atoms with Crippen LogP contribution in [-0.4, -0.2) is 17.5 Å². The number of hydrogen-bond acceptors (Lipinski definition) is 3. The molecule has 0 radical (unpaired) electrons. The van der Waals surface area contributed by atoms with Gasteiger partial charge in [0.15, 0.2) is 0 Å². The second-order valence-corrected chi connectivity index (χ2v) is 6.11. The number of nitrogens with one attached hydrogen (secondary N) is 1. The Morgan fingerprint density at radius 1 is 0.941 bits per heavy atom. The van der Waals surface area contributed by atoms with E-state index in [0.29, 0.717) is 6.04 Å². The van der Waals surface area contributed by atoms with E-state index in [1.54, 1.807) is 0 Å². The topological polar surface area (TPSA) is 38.0 Å². The van der Waals surface area contributed by atoms with Gasteiger partial charge in [-0.25, -0.2) is 0 Å². The van der Waals surface area contributed by atoms with Gasteiger partial charge >= 0.3 is 0 Å². The second kappa shape index (κ2) is 14.3. The third kappa shape index (κ3) is 12.5. The lowest BCUT2D eigenvalue weighted by molar-refractivity contribution is 0.491. The first kappa shape index (κ1) is 17.3. The molecule has 2 nitrogen and oxygen atoms in total. The van der Waals surface area contributed by atoms with Crippen molar-refractivity contribution in [2.24, 2.45) is 5.84 Å². The van der Waals surface area contributed by atoms with Crippen LogP contribution in [0.5, 0.6) is 0 Å². The second-order valence-electron chi connectivity index (χ2n) is 4.79. The average molecular weight is 260 g/mol. The SMILES string of the molecule is CCCCCCCCCCC(CSCC)NN. The van der Waals surface area contributed by atoms with Gasteiger partial charge in [-0.15, -0.1) is 0 Å². The van der Waals surface area contributed by atoms with Crippen LogP contribution in [0.15, 0.2) is 0 Å². The lowest BCUT2D eigenvalue weighted by atomic mass is 10.1. The molecule has 0 aromatic rings. The van der Waals surface area contributed by atoms with E-state index in [-0.39, 0.29) is 0 Å². The molecule has 0 amide bonds. The molecule has 0 saturated carbocycles. The molecular weight excluding hydrogens is 228 g/mol. The largest absolute Gasteiger partial charge is 0.271 e. The Bertz CT molecular complexity index is 142. The van der Waals surface area contributed by atoms with Gasteiger partial charge in [0, 0.05) is 11.8 Å². The van der Waals surface area contributed by atoms with E-state index >= 15 is 0 Å². The van der Waals surface area contributed by atoms with Crippen LogP contribution in [0.1, 0.15) is 71.6 Å². The lowest BCUT2D eigenvalue weighted by Crippen LogP contribution is -2.37.